The van der Waals surface area contributed by atoms with Crippen LogP contribution in [0.15, 0.2) is 41.8 Å². The van der Waals surface area contributed by atoms with E-state index in [0.717, 1.165) is 4.90 Å². The van der Waals surface area contributed by atoms with Crippen molar-refractivity contribution in [3.8, 4) is 0 Å². The van der Waals surface area contributed by atoms with Crippen LogP contribution < -0.4 is 5.43 Å². The Morgan fingerprint density at radius 2 is 1.94 bits per heavy atom. The van der Waals surface area contributed by atoms with E-state index in [2.05, 4.69) is 15.6 Å². The summed E-state index contributed by atoms with van der Waals surface area (Å²) >= 11 is 7.40. The smallest absolute Gasteiger partial charge is 0.239 e. The van der Waals surface area contributed by atoms with Crippen molar-refractivity contribution in [1.29, 1.82) is 0 Å². The first kappa shape index (κ1) is 12.9. The van der Waals surface area contributed by atoms with E-state index in [9.17, 15) is 4.79 Å². The summed E-state index contributed by atoms with van der Waals surface area (Å²) in [5.74, 6) is 0.631. The Hall–Kier alpha value is -1.53. The Bertz CT molecular complexity index is 500. The van der Waals surface area contributed by atoms with Crippen molar-refractivity contribution >= 4 is 29.3 Å². The van der Waals surface area contributed by atoms with E-state index in [1.54, 1.807) is 11.8 Å². The molecule has 0 saturated heterocycles. The molecular formula is C11H11ClN4OS. The molecule has 0 aliphatic heterocycles. The largest absolute Gasteiger partial charge is 0.273 e. The highest BCUT2D eigenvalue weighted by molar-refractivity contribution is 7.99. The third-order valence-electron chi connectivity index (χ3n) is 2.08. The van der Waals surface area contributed by atoms with Crippen LogP contribution in [-0.2, 0) is 4.79 Å². The number of nitrogens with zero attached hydrogens (tertiary/aromatic N) is 3. The van der Waals surface area contributed by atoms with Crippen molar-refractivity contribution in [1.82, 2.24) is 14.9 Å². The molecule has 0 aliphatic rings. The fourth-order valence-corrected chi connectivity index (χ4v) is 2.23. The predicted octanol–water partition coefficient (Wildman–Crippen LogP) is 2.18. The summed E-state index contributed by atoms with van der Waals surface area (Å²) in [5.41, 5.74) is 2.64. The molecule has 0 spiro atoms. The molecule has 1 aromatic carbocycles. The number of hydrogen-bond donors (Lipinski definition) is 1. The number of halogens is 1. The van der Waals surface area contributed by atoms with Crippen LogP contribution in [0.3, 0.4) is 0 Å². The van der Waals surface area contributed by atoms with Crippen LogP contribution in [0.4, 0.5) is 0 Å². The quantitative estimate of drug-likeness (QED) is 0.854. The molecule has 0 unspecified atom stereocenters. The maximum Gasteiger partial charge on any atom is 0.239 e. The first-order valence-corrected chi connectivity index (χ1v) is 6.63. The number of aromatic nitrogens is 3. The van der Waals surface area contributed by atoms with Gasteiger partial charge in [-0.3, -0.25) is 10.2 Å². The van der Waals surface area contributed by atoms with Gasteiger partial charge in [0.15, 0.2) is 0 Å². The number of hydrogen-bond acceptors (Lipinski definition) is 4. The van der Waals surface area contributed by atoms with Crippen molar-refractivity contribution in [3.63, 3.8) is 0 Å². The Morgan fingerprint density at radius 1 is 1.28 bits per heavy atom. The van der Waals surface area contributed by atoms with Crippen molar-refractivity contribution in [2.24, 2.45) is 0 Å². The lowest BCUT2D eigenvalue weighted by Gasteiger charge is -2.04. The first-order valence-electron chi connectivity index (χ1n) is 5.27. The van der Waals surface area contributed by atoms with Gasteiger partial charge in [-0.25, -0.2) is 4.68 Å². The van der Waals surface area contributed by atoms with E-state index >= 15 is 0 Å². The van der Waals surface area contributed by atoms with Gasteiger partial charge in [-0.15, -0.1) is 22.0 Å². The molecule has 5 nitrogen and oxygen atoms in total. The monoisotopic (exact) mass is 282 g/mol. The molecule has 2 rings (SSSR count). The van der Waals surface area contributed by atoms with Gasteiger partial charge in [-0.1, -0.05) is 11.6 Å². The Labute approximate surface area is 114 Å². The minimum absolute atomic E-state index is 0.0729. The van der Waals surface area contributed by atoms with Crippen LogP contribution in [0.1, 0.15) is 6.42 Å². The molecule has 0 aliphatic carbocycles. The molecular weight excluding hydrogens is 272 g/mol. The van der Waals surface area contributed by atoms with E-state index in [4.69, 9.17) is 11.6 Å². The highest BCUT2D eigenvalue weighted by Gasteiger charge is 2.02. The van der Waals surface area contributed by atoms with E-state index in [1.807, 2.05) is 24.3 Å². The zero-order valence-corrected chi connectivity index (χ0v) is 11.0. The summed E-state index contributed by atoms with van der Waals surface area (Å²) < 4.78 is 1.43. The lowest BCUT2D eigenvalue weighted by molar-refractivity contribution is -0.116. The van der Waals surface area contributed by atoms with Crippen LogP contribution in [0.2, 0.25) is 5.02 Å². The third-order valence-corrected chi connectivity index (χ3v) is 3.35. The number of carbonyl (C=O) groups excluding carboxylic acids is 1. The van der Waals surface area contributed by atoms with Crippen molar-refractivity contribution in [3.05, 3.63) is 41.9 Å². The summed E-state index contributed by atoms with van der Waals surface area (Å²) in [6.45, 7) is 0. The van der Waals surface area contributed by atoms with Crippen LogP contribution >= 0.6 is 23.4 Å². The molecule has 1 aromatic heterocycles. The first-order chi connectivity index (χ1) is 8.74. The van der Waals surface area contributed by atoms with Crippen molar-refractivity contribution in [2.75, 3.05) is 11.2 Å². The highest BCUT2D eigenvalue weighted by Crippen LogP contribution is 2.20. The molecule has 1 amide bonds. The minimum Gasteiger partial charge on any atom is -0.273 e. The molecule has 0 atom stereocenters. The fraction of sp³-hybridized carbons (Fsp3) is 0.182. The SMILES string of the molecule is O=C(CCSc1ccc(Cl)cc1)Nn1cnnc1. The molecule has 7 heteroatoms. The number of rotatable bonds is 5. The normalized spacial score (nSPS) is 10.3. The number of carbonyl (C=O) groups is 1. The van der Waals surface area contributed by atoms with E-state index < -0.39 is 0 Å². The van der Waals surface area contributed by atoms with Crippen LogP contribution in [0.5, 0.6) is 0 Å². The molecule has 0 saturated carbocycles. The van der Waals surface area contributed by atoms with Crippen molar-refractivity contribution < 1.29 is 4.79 Å². The van der Waals surface area contributed by atoms with Crippen LogP contribution in [-0.4, -0.2) is 26.5 Å². The summed E-state index contributed by atoms with van der Waals surface area (Å²) in [6, 6.07) is 7.54. The summed E-state index contributed by atoms with van der Waals surface area (Å²) in [5, 5.41) is 7.90. The highest BCUT2D eigenvalue weighted by atomic mass is 35.5. The zero-order chi connectivity index (χ0) is 12.8. The molecule has 94 valence electrons. The summed E-state index contributed by atoms with van der Waals surface area (Å²) in [4.78, 5) is 12.6. The van der Waals surface area contributed by atoms with Gasteiger partial charge in [0.05, 0.1) is 0 Å². The number of amides is 1. The average Bonchev–Trinajstić information content (AvgIpc) is 2.84. The Morgan fingerprint density at radius 3 is 2.61 bits per heavy atom. The number of nitrogens with one attached hydrogen (secondary N) is 1. The van der Waals surface area contributed by atoms with Crippen LogP contribution in [0, 0.1) is 0 Å². The van der Waals surface area contributed by atoms with E-state index in [1.165, 1.54) is 17.3 Å². The van der Waals surface area contributed by atoms with Crippen molar-refractivity contribution in [2.45, 2.75) is 11.3 Å². The molecule has 1 heterocycles. The average molecular weight is 283 g/mol. The molecule has 18 heavy (non-hydrogen) atoms. The predicted molar refractivity (Wildman–Crippen MR) is 71.2 cm³/mol. The van der Waals surface area contributed by atoms with Gasteiger partial charge in [-0.05, 0) is 24.3 Å². The van der Waals surface area contributed by atoms with Crippen LogP contribution in [0.25, 0.3) is 0 Å². The van der Waals surface area contributed by atoms with Gasteiger partial charge < -0.3 is 0 Å². The standard InChI is InChI=1S/C11H11ClN4OS/c12-9-1-3-10(4-2-9)18-6-5-11(17)15-16-7-13-14-8-16/h1-4,7-8H,5-6H2,(H,15,17). The second-order valence-corrected chi connectivity index (χ2v) is 5.06. The Balaban J connectivity index is 1.72. The fourth-order valence-electron chi connectivity index (χ4n) is 1.25. The van der Waals surface area contributed by atoms with Gasteiger partial charge in [0.1, 0.15) is 12.7 Å². The molecule has 0 radical (unpaired) electrons. The summed E-state index contributed by atoms with van der Waals surface area (Å²) in [6.07, 6.45) is 3.29. The lowest BCUT2D eigenvalue weighted by atomic mass is 10.4. The second-order valence-electron chi connectivity index (χ2n) is 3.46. The topological polar surface area (TPSA) is 59.8 Å². The second kappa shape index (κ2) is 6.42. The van der Waals surface area contributed by atoms with E-state index in [0.29, 0.717) is 17.2 Å². The van der Waals surface area contributed by atoms with Gasteiger partial charge in [0.2, 0.25) is 5.91 Å². The summed E-state index contributed by atoms with van der Waals surface area (Å²) in [7, 11) is 0. The molecule has 0 fully saturated rings. The molecule has 0 bridgehead atoms. The lowest BCUT2D eigenvalue weighted by Crippen LogP contribution is -2.21. The van der Waals surface area contributed by atoms with Gasteiger partial charge >= 0.3 is 0 Å². The molecule has 1 N–H and O–H groups in total. The van der Waals surface area contributed by atoms with Gasteiger partial charge in [-0.2, -0.15) is 0 Å². The van der Waals surface area contributed by atoms with Gasteiger partial charge in [0, 0.05) is 22.1 Å². The maximum atomic E-state index is 11.5. The number of benzene rings is 1. The number of thioether (sulfide) groups is 1. The van der Waals surface area contributed by atoms with E-state index in [-0.39, 0.29) is 5.91 Å². The minimum atomic E-state index is -0.0729. The van der Waals surface area contributed by atoms with Gasteiger partial charge in [0.25, 0.3) is 0 Å². The maximum absolute atomic E-state index is 11.5. The molecule has 2 aromatic rings. The Kier molecular flexibility index (Phi) is 4.60. The zero-order valence-electron chi connectivity index (χ0n) is 9.41. The third kappa shape index (κ3) is 4.05.